The van der Waals surface area contributed by atoms with E-state index in [1.807, 2.05) is 20.8 Å². The highest BCUT2D eigenvalue weighted by Gasteiger charge is 2.32. The number of nitrogens with zero attached hydrogens (tertiary/aromatic N) is 2. The quantitative estimate of drug-likeness (QED) is 0.0273. The van der Waals surface area contributed by atoms with Gasteiger partial charge in [0.05, 0.1) is 28.2 Å². The summed E-state index contributed by atoms with van der Waals surface area (Å²) in [5.41, 5.74) is 2.90. The third-order valence-corrected chi connectivity index (χ3v) is 13.5. The van der Waals surface area contributed by atoms with Gasteiger partial charge < -0.3 is 35.7 Å². The summed E-state index contributed by atoms with van der Waals surface area (Å²) >= 11 is 0. The van der Waals surface area contributed by atoms with Gasteiger partial charge in [-0.25, -0.2) is 19.2 Å². The first-order valence-electron chi connectivity index (χ1n) is 26.1. The second kappa shape index (κ2) is 33.6. The van der Waals surface area contributed by atoms with Gasteiger partial charge in [-0.3, -0.25) is 29.0 Å². The topological polar surface area (TPSA) is 285 Å². The molecule has 0 amide bonds. The van der Waals surface area contributed by atoms with Gasteiger partial charge in [0.2, 0.25) is 0 Å². The zero-order valence-electron chi connectivity index (χ0n) is 44.9. The standard InChI is InChI=1S/C26H32N2O8.C14H16O3.C10H10O4.C9H20/c1-3-13-27(21(25(33)34)17-5-9-19(10-6-17)23(29)30)15-16-28(14-4-2)22(26(35)36)18-7-11-20(12-8-18)24(31)32;1-9(13(15)11-3-2-4-11)10-5-7-12(8-6-10)14(16)17;1-6(9(11)12)7-2-4-8(5-3-7)10(13)14;1-4-6-7-8-9(3)5-2/h5-12,21-22H,3-4,13-16H2,1-2H3,(H,29,30)(H,31,32)(H,33,34)(H,35,36);5-9,11H,2-4H2,1H3,(H,16,17);2-6H,1H3,(H,11,12)(H,13,14);9H,4-8H2,1-3H3. The van der Waals surface area contributed by atoms with Crippen LogP contribution in [0, 0.1) is 11.8 Å². The van der Waals surface area contributed by atoms with Crippen molar-refractivity contribution in [2.75, 3.05) is 26.2 Å². The number of rotatable bonds is 27. The monoisotopic (exact) mass is 1050 g/mol. The molecule has 1 aliphatic rings. The summed E-state index contributed by atoms with van der Waals surface area (Å²) in [6, 6.07) is 21.8. The highest BCUT2D eigenvalue weighted by Crippen LogP contribution is 2.33. The van der Waals surface area contributed by atoms with Gasteiger partial charge in [-0.1, -0.05) is 129 Å². The number of carbonyl (C=O) groups is 8. The summed E-state index contributed by atoms with van der Waals surface area (Å²) in [5.74, 6) is -6.53. The zero-order chi connectivity index (χ0) is 57.1. The molecule has 0 bridgehead atoms. The fraction of sp³-hybridized carbons (Fsp3) is 0.458. The minimum Gasteiger partial charge on any atom is -0.481 e. The van der Waals surface area contributed by atoms with Gasteiger partial charge in [-0.15, -0.1) is 0 Å². The highest BCUT2D eigenvalue weighted by atomic mass is 16.4. The van der Waals surface area contributed by atoms with Gasteiger partial charge in [0.25, 0.3) is 0 Å². The molecule has 4 aromatic rings. The summed E-state index contributed by atoms with van der Waals surface area (Å²) in [6.45, 7) is 15.5. The van der Waals surface area contributed by atoms with E-state index < -0.39 is 59.8 Å². The van der Waals surface area contributed by atoms with Crippen LogP contribution >= 0.6 is 0 Å². The molecule has 1 saturated carbocycles. The fourth-order valence-corrected chi connectivity index (χ4v) is 8.34. The molecule has 17 nitrogen and oxygen atoms in total. The summed E-state index contributed by atoms with van der Waals surface area (Å²) < 4.78 is 0. The van der Waals surface area contributed by atoms with E-state index in [2.05, 4.69) is 20.8 Å². The minimum atomic E-state index is -1.11. The van der Waals surface area contributed by atoms with Crippen molar-refractivity contribution < 1.29 is 74.1 Å². The molecule has 5 unspecified atom stereocenters. The Morgan fingerprint density at radius 3 is 1.01 bits per heavy atom. The van der Waals surface area contributed by atoms with E-state index in [4.69, 9.17) is 25.5 Å². The number of carbonyl (C=O) groups excluding carboxylic acids is 1. The number of carboxylic acid groups (broad SMARTS) is 7. The third kappa shape index (κ3) is 21.2. The van der Waals surface area contributed by atoms with E-state index >= 15 is 0 Å². The Morgan fingerprint density at radius 2 is 0.763 bits per heavy atom. The third-order valence-electron chi connectivity index (χ3n) is 13.5. The minimum absolute atomic E-state index is 0.0530. The summed E-state index contributed by atoms with van der Waals surface area (Å²) in [4.78, 5) is 94.2. The molecule has 5 rings (SSSR count). The molecule has 1 fully saturated rings. The lowest BCUT2D eigenvalue weighted by molar-refractivity contribution is -0.146. The molecule has 414 valence electrons. The first-order chi connectivity index (χ1) is 36.0. The van der Waals surface area contributed by atoms with E-state index in [1.54, 1.807) is 41.0 Å². The second-order valence-corrected chi connectivity index (χ2v) is 19.1. The molecular weight excluding hydrogens is 977 g/mol. The van der Waals surface area contributed by atoms with Crippen molar-refractivity contribution in [2.24, 2.45) is 11.8 Å². The Morgan fingerprint density at radius 1 is 0.434 bits per heavy atom. The lowest BCUT2D eigenvalue weighted by atomic mass is 9.76. The molecule has 0 aliphatic heterocycles. The van der Waals surface area contributed by atoms with E-state index in [0.29, 0.717) is 48.4 Å². The number of unbranched alkanes of at least 4 members (excludes halogenated alkanes) is 2. The Hall–Kier alpha value is -7.24. The molecule has 1 aliphatic carbocycles. The van der Waals surface area contributed by atoms with Crippen LogP contribution in [-0.2, 0) is 19.2 Å². The average molecular weight is 1060 g/mol. The van der Waals surface area contributed by atoms with Crippen LogP contribution in [0.15, 0.2) is 97.1 Å². The first-order valence-corrected chi connectivity index (χ1v) is 26.1. The number of hydrogen-bond acceptors (Lipinski definition) is 10. The summed E-state index contributed by atoms with van der Waals surface area (Å²) in [6.07, 6.45) is 11.5. The van der Waals surface area contributed by atoms with Crippen LogP contribution in [0.5, 0.6) is 0 Å². The second-order valence-electron chi connectivity index (χ2n) is 19.1. The number of hydrogen-bond donors (Lipinski definition) is 7. The van der Waals surface area contributed by atoms with E-state index in [9.17, 15) is 48.6 Å². The predicted octanol–water partition coefficient (Wildman–Crippen LogP) is 11.5. The van der Waals surface area contributed by atoms with Gasteiger partial charge in [0.15, 0.2) is 0 Å². The first kappa shape index (κ1) is 64.9. The van der Waals surface area contributed by atoms with Crippen molar-refractivity contribution in [1.82, 2.24) is 9.80 Å². The van der Waals surface area contributed by atoms with Crippen LogP contribution < -0.4 is 0 Å². The van der Waals surface area contributed by atoms with Crippen LogP contribution in [-0.4, -0.2) is 119 Å². The number of carboxylic acids is 7. The molecule has 17 heteroatoms. The summed E-state index contributed by atoms with van der Waals surface area (Å²) in [7, 11) is 0. The molecular formula is C59H78N2O15. The Labute approximate surface area is 446 Å². The molecule has 0 spiro atoms. The number of aliphatic carboxylic acids is 3. The lowest BCUT2D eigenvalue weighted by Crippen LogP contribution is -2.43. The predicted molar refractivity (Wildman–Crippen MR) is 288 cm³/mol. The van der Waals surface area contributed by atoms with Crippen molar-refractivity contribution in [3.63, 3.8) is 0 Å². The van der Waals surface area contributed by atoms with Crippen molar-refractivity contribution in [3.8, 4) is 0 Å². The van der Waals surface area contributed by atoms with Gasteiger partial charge in [-0.05, 0) is 122 Å². The van der Waals surface area contributed by atoms with E-state index in [0.717, 1.165) is 30.7 Å². The Bertz CT molecular complexity index is 2380. The fourth-order valence-electron chi connectivity index (χ4n) is 8.34. The number of Topliss-reactive ketones (excluding diaryl/α,β-unsaturated/α-hetero) is 1. The summed E-state index contributed by atoms with van der Waals surface area (Å²) in [5, 5.41) is 64.4. The van der Waals surface area contributed by atoms with Gasteiger partial charge >= 0.3 is 41.8 Å². The van der Waals surface area contributed by atoms with Crippen molar-refractivity contribution in [1.29, 1.82) is 0 Å². The smallest absolute Gasteiger partial charge is 0.335 e. The maximum absolute atomic E-state index is 12.2. The normalized spacial score (nSPS) is 13.8. The van der Waals surface area contributed by atoms with Crippen molar-refractivity contribution >= 4 is 47.6 Å². The zero-order valence-corrected chi connectivity index (χ0v) is 44.9. The van der Waals surface area contributed by atoms with Gasteiger partial charge in [0, 0.05) is 24.9 Å². The lowest BCUT2D eigenvalue weighted by Gasteiger charge is -2.34. The molecule has 76 heavy (non-hydrogen) atoms. The van der Waals surface area contributed by atoms with Gasteiger partial charge in [0.1, 0.15) is 17.9 Å². The van der Waals surface area contributed by atoms with Crippen LogP contribution in [0.2, 0.25) is 0 Å². The van der Waals surface area contributed by atoms with Crippen LogP contribution in [0.25, 0.3) is 0 Å². The maximum Gasteiger partial charge on any atom is 0.335 e. The Kier molecular flexibility index (Phi) is 28.7. The van der Waals surface area contributed by atoms with Crippen LogP contribution in [0.3, 0.4) is 0 Å². The molecule has 0 heterocycles. The number of benzene rings is 4. The molecule has 0 aromatic heterocycles. The molecule has 4 aromatic carbocycles. The largest absolute Gasteiger partial charge is 0.481 e. The molecule has 0 radical (unpaired) electrons. The van der Waals surface area contributed by atoms with Gasteiger partial charge in [-0.2, -0.15) is 0 Å². The molecule has 7 N–H and O–H groups in total. The van der Waals surface area contributed by atoms with Crippen molar-refractivity contribution in [2.45, 2.75) is 137 Å². The number of ketones is 1. The van der Waals surface area contributed by atoms with Crippen LogP contribution in [0.1, 0.15) is 200 Å². The Balaban J connectivity index is 0.000000404. The van der Waals surface area contributed by atoms with Crippen molar-refractivity contribution in [3.05, 3.63) is 142 Å². The van der Waals surface area contributed by atoms with E-state index in [-0.39, 0.29) is 47.2 Å². The SMILES string of the molecule is CC(C(=O)C1CCC1)c1ccc(C(=O)O)cc1.CC(C(=O)O)c1ccc(C(=O)O)cc1.CCCCCC(C)CC.CCCN(CCN(CCC)C(C(=O)O)c1ccc(C(=O)O)cc1)C(C(=O)O)c1ccc(C(=O)O)cc1. The maximum atomic E-state index is 12.2. The molecule has 0 saturated heterocycles. The van der Waals surface area contributed by atoms with E-state index in [1.165, 1.54) is 105 Å². The number of aromatic carboxylic acids is 4. The highest BCUT2D eigenvalue weighted by molar-refractivity contribution is 5.91. The average Bonchev–Trinajstić information content (AvgIpc) is 3.37. The van der Waals surface area contributed by atoms with Crippen LogP contribution in [0.4, 0.5) is 0 Å². The molecule has 5 atom stereocenters.